The Bertz CT molecular complexity index is 597. The second-order valence-electron chi connectivity index (χ2n) is 4.31. The number of aliphatic hydroxyl groups excluding tert-OH is 1. The molecule has 0 aromatic heterocycles. The molecule has 2 rings (SSSR count). The van der Waals surface area contributed by atoms with Gasteiger partial charge in [0.05, 0.1) is 6.61 Å². The Morgan fingerprint density at radius 3 is 2.33 bits per heavy atom. The minimum Gasteiger partial charge on any atom is -0.490 e. The Hall–Kier alpha value is -2.44. The molecule has 2 aromatic carbocycles. The lowest BCUT2D eigenvalue weighted by Crippen LogP contribution is -2.08. The smallest absolute Gasteiger partial charge is 0.122 e. The maximum atomic E-state index is 8.70. The molecule has 0 radical (unpaired) electrons. The number of ether oxygens (including phenoxy) is 2. The first-order valence-corrected chi connectivity index (χ1v) is 6.89. The SMILES string of the molecule is OCCC#Cc1cccc(OCCOc2ccccc2)c1. The van der Waals surface area contributed by atoms with Crippen molar-refractivity contribution in [2.24, 2.45) is 0 Å². The zero-order chi connectivity index (χ0) is 14.8. The maximum Gasteiger partial charge on any atom is 0.122 e. The molecule has 0 saturated carbocycles. The monoisotopic (exact) mass is 282 g/mol. The number of benzene rings is 2. The zero-order valence-corrected chi connectivity index (χ0v) is 11.8. The summed E-state index contributed by atoms with van der Waals surface area (Å²) in [5, 5.41) is 8.70. The van der Waals surface area contributed by atoms with Gasteiger partial charge in [0.1, 0.15) is 24.7 Å². The molecular weight excluding hydrogens is 264 g/mol. The number of hydrogen-bond acceptors (Lipinski definition) is 3. The molecule has 0 aliphatic carbocycles. The van der Waals surface area contributed by atoms with Crippen molar-refractivity contribution >= 4 is 0 Å². The Morgan fingerprint density at radius 1 is 0.857 bits per heavy atom. The lowest BCUT2D eigenvalue weighted by atomic mass is 10.2. The molecule has 108 valence electrons. The molecule has 3 nitrogen and oxygen atoms in total. The van der Waals surface area contributed by atoms with Crippen LogP contribution in [-0.4, -0.2) is 24.9 Å². The van der Waals surface area contributed by atoms with E-state index in [1.54, 1.807) is 0 Å². The third-order valence-electron chi connectivity index (χ3n) is 2.67. The van der Waals surface area contributed by atoms with E-state index in [2.05, 4.69) is 11.8 Å². The first-order chi connectivity index (χ1) is 10.4. The van der Waals surface area contributed by atoms with Crippen LogP contribution in [-0.2, 0) is 0 Å². The highest BCUT2D eigenvalue weighted by atomic mass is 16.5. The average molecular weight is 282 g/mol. The van der Waals surface area contributed by atoms with Crippen molar-refractivity contribution in [2.75, 3.05) is 19.8 Å². The van der Waals surface area contributed by atoms with Gasteiger partial charge in [-0.15, -0.1) is 0 Å². The first kappa shape index (κ1) is 15.0. The van der Waals surface area contributed by atoms with Gasteiger partial charge in [0, 0.05) is 12.0 Å². The molecule has 3 heteroatoms. The molecule has 0 saturated heterocycles. The van der Waals surface area contributed by atoms with E-state index in [0.717, 1.165) is 17.1 Å². The van der Waals surface area contributed by atoms with E-state index < -0.39 is 0 Å². The summed E-state index contributed by atoms with van der Waals surface area (Å²) in [6, 6.07) is 17.2. The summed E-state index contributed by atoms with van der Waals surface area (Å²) in [5.41, 5.74) is 0.880. The molecule has 0 fully saturated rings. The lowest BCUT2D eigenvalue weighted by molar-refractivity contribution is 0.217. The van der Waals surface area contributed by atoms with Crippen LogP contribution in [0.4, 0.5) is 0 Å². The van der Waals surface area contributed by atoms with Gasteiger partial charge in [0.15, 0.2) is 0 Å². The van der Waals surface area contributed by atoms with Crippen molar-refractivity contribution in [3.63, 3.8) is 0 Å². The minimum atomic E-state index is 0.0833. The summed E-state index contributed by atoms with van der Waals surface area (Å²) in [7, 11) is 0. The van der Waals surface area contributed by atoms with Crippen LogP contribution in [0, 0.1) is 11.8 Å². The fourth-order valence-corrected chi connectivity index (χ4v) is 1.72. The molecule has 1 N–H and O–H groups in total. The summed E-state index contributed by atoms with van der Waals surface area (Å²) in [6.45, 7) is 1.05. The van der Waals surface area contributed by atoms with Crippen LogP contribution in [0.1, 0.15) is 12.0 Å². The largest absolute Gasteiger partial charge is 0.490 e. The lowest BCUT2D eigenvalue weighted by Gasteiger charge is -2.08. The Morgan fingerprint density at radius 2 is 1.57 bits per heavy atom. The third kappa shape index (κ3) is 5.60. The standard InChI is InChI=1S/C18H18O3/c19-12-5-4-7-16-8-6-11-18(15-16)21-14-13-20-17-9-2-1-3-10-17/h1-3,6,8-11,15,19H,5,12-14H2. The number of rotatable bonds is 6. The van der Waals surface area contributed by atoms with Crippen LogP contribution in [0.2, 0.25) is 0 Å². The van der Waals surface area contributed by atoms with E-state index in [-0.39, 0.29) is 6.61 Å². The van der Waals surface area contributed by atoms with Crippen molar-refractivity contribution in [3.8, 4) is 23.3 Å². The Kier molecular flexibility index (Phi) is 6.18. The number of hydrogen-bond donors (Lipinski definition) is 1. The summed E-state index contributed by atoms with van der Waals surface area (Å²) in [4.78, 5) is 0. The van der Waals surface area contributed by atoms with E-state index in [4.69, 9.17) is 14.6 Å². The molecule has 0 aliphatic heterocycles. The Balaban J connectivity index is 1.78. The molecule has 0 unspecified atom stereocenters. The highest BCUT2D eigenvalue weighted by molar-refractivity contribution is 5.39. The van der Waals surface area contributed by atoms with Gasteiger partial charge in [-0.2, -0.15) is 0 Å². The van der Waals surface area contributed by atoms with Gasteiger partial charge in [0.25, 0.3) is 0 Å². The zero-order valence-electron chi connectivity index (χ0n) is 11.8. The van der Waals surface area contributed by atoms with E-state index in [1.807, 2.05) is 54.6 Å². The normalized spacial score (nSPS) is 9.57. The number of para-hydroxylation sites is 1. The molecule has 2 aromatic rings. The Labute approximate surface area is 125 Å². The molecule has 21 heavy (non-hydrogen) atoms. The predicted molar refractivity (Wildman–Crippen MR) is 82.5 cm³/mol. The predicted octanol–water partition coefficient (Wildman–Crippen LogP) is 2.88. The summed E-state index contributed by atoms with van der Waals surface area (Å²) < 4.78 is 11.2. The maximum absolute atomic E-state index is 8.70. The topological polar surface area (TPSA) is 38.7 Å². The molecular formula is C18H18O3. The van der Waals surface area contributed by atoms with Crippen LogP contribution in [0.15, 0.2) is 54.6 Å². The van der Waals surface area contributed by atoms with Crippen LogP contribution >= 0.6 is 0 Å². The van der Waals surface area contributed by atoms with Crippen molar-refractivity contribution in [1.82, 2.24) is 0 Å². The highest BCUT2D eigenvalue weighted by Crippen LogP contribution is 2.13. The first-order valence-electron chi connectivity index (χ1n) is 6.89. The van der Waals surface area contributed by atoms with Gasteiger partial charge < -0.3 is 14.6 Å². The summed E-state index contributed by atoms with van der Waals surface area (Å²) in [6.07, 6.45) is 0.482. The second kappa shape index (κ2) is 8.68. The van der Waals surface area contributed by atoms with Crippen molar-refractivity contribution in [1.29, 1.82) is 0 Å². The van der Waals surface area contributed by atoms with Gasteiger partial charge in [-0.25, -0.2) is 0 Å². The highest BCUT2D eigenvalue weighted by Gasteiger charge is 1.96. The molecule has 0 aliphatic rings. The van der Waals surface area contributed by atoms with Crippen LogP contribution < -0.4 is 9.47 Å². The fourth-order valence-electron chi connectivity index (χ4n) is 1.72. The summed E-state index contributed by atoms with van der Waals surface area (Å²) >= 11 is 0. The van der Waals surface area contributed by atoms with Gasteiger partial charge in [-0.05, 0) is 30.3 Å². The quantitative estimate of drug-likeness (QED) is 0.654. The third-order valence-corrected chi connectivity index (χ3v) is 2.67. The average Bonchev–Trinajstić information content (AvgIpc) is 2.53. The van der Waals surface area contributed by atoms with Crippen LogP contribution in [0.5, 0.6) is 11.5 Å². The van der Waals surface area contributed by atoms with Gasteiger partial charge >= 0.3 is 0 Å². The van der Waals surface area contributed by atoms with Crippen molar-refractivity contribution in [3.05, 3.63) is 60.2 Å². The molecule has 0 heterocycles. The molecule has 0 amide bonds. The van der Waals surface area contributed by atoms with E-state index >= 15 is 0 Å². The fraction of sp³-hybridized carbons (Fsp3) is 0.222. The second-order valence-corrected chi connectivity index (χ2v) is 4.31. The van der Waals surface area contributed by atoms with E-state index in [9.17, 15) is 0 Å². The van der Waals surface area contributed by atoms with Gasteiger partial charge in [-0.3, -0.25) is 0 Å². The van der Waals surface area contributed by atoms with Crippen molar-refractivity contribution in [2.45, 2.75) is 6.42 Å². The molecule has 0 atom stereocenters. The molecule has 0 spiro atoms. The van der Waals surface area contributed by atoms with E-state index in [0.29, 0.717) is 19.6 Å². The van der Waals surface area contributed by atoms with Gasteiger partial charge in [-0.1, -0.05) is 36.1 Å². The molecule has 0 bridgehead atoms. The summed E-state index contributed by atoms with van der Waals surface area (Å²) in [5.74, 6) is 7.47. The minimum absolute atomic E-state index is 0.0833. The van der Waals surface area contributed by atoms with Crippen LogP contribution in [0.25, 0.3) is 0 Å². The van der Waals surface area contributed by atoms with Crippen LogP contribution in [0.3, 0.4) is 0 Å². The van der Waals surface area contributed by atoms with E-state index in [1.165, 1.54) is 0 Å². The van der Waals surface area contributed by atoms with Crippen molar-refractivity contribution < 1.29 is 14.6 Å². The van der Waals surface area contributed by atoms with Gasteiger partial charge in [0.2, 0.25) is 0 Å². The number of aliphatic hydroxyl groups is 1.